The fourth-order valence-corrected chi connectivity index (χ4v) is 0. The summed E-state index contributed by atoms with van der Waals surface area (Å²) in [4.78, 5) is 0. The van der Waals surface area contributed by atoms with Gasteiger partial charge in [0.15, 0.2) is 0 Å². The van der Waals surface area contributed by atoms with Crippen molar-refractivity contribution in [3.05, 3.63) is 10.7 Å². The van der Waals surface area contributed by atoms with Crippen molar-refractivity contribution in [1.29, 1.82) is 0 Å². The van der Waals surface area contributed by atoms with Gasteiger partial charge in [0, 0.05) is 6.20 Å². The molecule has 5 heavy (non-hydrogen) atoms. The summed E-state index contributed by atoms with van der Waals surface area (Å²) in [5, 5.41) is 0. The first-order valence-electron chi connectivity index (χ1n) is 0.955. The lowest BCUT2D eigenvalue weighted by molar-refractivity contribution is 1.53. The van der Waals surface area contributed by atoms with E-state index in [9.17, 15) is 0 Å². The molecule has 0 unspecified atom stereocenters. The molecule has 0 aliphatic rings. The Kier molecular flexibility index (Phi) is 2.42. The van der Waals surface area contributed by atoms with Crippen molar-refractivity contribution in [2.75, 3.05) is 0 Å². The molecule has 29 valence electrons. The van der Waals surface area contributed by atoms with Crippen LogP contribution in [0.4, 0.5) is 0 Å². The fraction of sp³-hybridized carbons (Fsp3) is 0. The van der Waals surface area contributed by atoms with E-state index in [0.717, 1.165) is 6.20 Å². The third-order valence-electron chi connectivity index (χ3n) is 0.109. The van der Waals surface area contributed by atoms with Crippen molar-refractivity contribution >= 4 is 23.2 Å². The third-order valence-corrected chi connectivity index (χ3v) is 0.327. The highest BCUT2D eigenvalue weighted by Gasteiger charge is 1.70. The molecule has 3 heteroatoms. The lowest BCUT2D eigenvalue weighted by atomic mass is 11.1. The van der Waals surface area contributed by atoms with Gasteiger partial charge >= 0.3 is 0 Å². The molecule has 0 spiro atoms. The average Bonchev–Trinajstić information content (AvgIpc) is 1.38. The third kappa shape index (κ3) is 4.12. The summed E-state index contributed by atoms with van der Waals surface area (Å²) >= 11 is 9.80. The number of rotatable bonds is 0. The molecule has 0 aromatic carbocycles. The van der Waals surface area contributed by atoms with Crippen LogP contribution in [-0.2, 0) is 0 Å². The molecule has 0 aromatic heterocycles. The molecular weight excluding hydrogens is 109 g/mol. The van der Waals surface area contributed by atoms with E-state index in [-0.39, 0.29) is 4.49 Å². The van der Waals surface area contributed by atoms with Crippen molar-refractivity contribution < 1.29 is 0 Å². The van der Waals surface area contributed by atoms with Crippen LogP contribution >= 0.6 is 23.2 Å². The van der Waals surface area contributed by atoms with Crippen LogP contribution < -0.4 is 5.73 Å². The zero-order valence-corrected chi connectivity index (χ0v) is 3.85. The van der Waals surface area contributed by atoms with Crippen LogP contribution in [0.5, 0.6) is 0 Å². The van der Waals surface area contributed by atoms with Gasteiger partial charge in [0.1, 0.15) is 4.49 Å². The van der Waals surface area contributed by atoms with E-state index in [1.165, 1.54) is 0 Å². The quantitative estimate of drug-likeness (QED) is 0.452. The van der Waals surface area contributed by atoms with E-state index in [2.05, 4.69) is 0 Å². The molecule has 0 saturated heterocycles. The molecule has 0 saturated carbocycles. The summed E-state index contributed by atoms with van der Waals surface area (Å²) in [5.74, 6) is 0. The highest BCUT2D eigenvalue weighted by Crippen LogP contribution is 2.01. The Balaban J connectivity index is 3.14. The van der Waals surface area contributed by atoms with Gasteiger partial charge in [-0.2, -0.15) is 0 Å². The SMILES string of the molecule is [NH]C=C(Cl)Cl. The molecule has 0 heterocycles. The first kappa shape index (κ1) is 5.12. The molecule has 1 N–H and O–H groups in total. The average molecular weight is 111 g/mol. The lowest BCUT2D eigenvalue weighted by Crippen LogP contribution is -1.50. The summed E-state index contributed by atoms with van der Waals surface area (Å²) in [6.45, 7) is 0. The minimum absolute atomic E-state index is 0.00926. The van der Waals surface area contributed by atoms with Gasteiger partial charge in [0.2, 0.25) is 0 Å². The molecule has 0 rings (SSSR count). The zero-order chi connectivity index (χ0) is 4.28. The largest absolute Gasteiger partial charge is 0.306 e. The van der Waals surface area contributed by atoms with Gasteiger partial charge in [-0.1, -0.05) is 23.2 Å². The summed E-state index contributed by atoms with van der Waals surface area (Å²) in [5.41, 5.74) is 6.23. The smallest absolute Gasteiger partial charge is 0.124 e. The van der Waals surface area contributed by atoms with Gasteiger partial charge < -0.3 is 5.73 Å². The van der Waals surface area contributed by atoms with Crippen molar-refractivity contribution in [3.63, 3.8) is 0 Å². The molecule has 0 aromatic rings. The Hall–Kier alpha value is 0.120. The number of halogens is 2. The van der Waals surface area contributed by atoms with Crippen LogP contribution in [0.1, 0.15) is 0 Å². The molecule has 1 radical (unpaired) electrons. The number of hydrogen-bond donors (Lipinski definition) is 0. The monoisotopic (exact) mass is 110 g/mol. The van der Waals surface area contributed by atoms with Crippen molar-refractivity contribution in [2.45, 2.75) is 0 Å². The van der Waals surface area contributed by atoms with Crippen molar-refractivity contribution in [3.8, 4) is 0 Å². The van der Waals surface area contributed by atoms with Gasteiger partial charge in [-0.3, -0.25) is 0 Å². The topological polar surface area (TPSA) is 23.8 Å². The molecule has 0 aliphatic carbocycles. The molecule has 1 nitrogen and oxygen atoms in total. The first-order chi connectivity index (χ1) is 2.27. The summed E-state index contributed by atoms with van der Waals surface area (Å²) in [6, 6.07) is 0. The molecule has 0 amide bonds. The highest BCUT2D eigenvalue weighted by atomic mass is 35.5. The Morgan fingerprint density at radius 1 is 1.60 bits per heavy atom. The minimum Gasteiger partial charge on any atom is -0.306 e. The molecule has 0 atom stereocenters. The molecular formula is C2H2Cl2N. The predicted octanol–water partition coefficient (Wildman–Crippen LogP) is 1.55. The maximum Gasteiger partial charge on any atom is 0.124 e. The van der Waals surface area contributed by atoms with E-state index < -0.39 is 0 Å². The van der Waals surface area contributed by atoms with Crippen LogP contribution in [0, 0.1) is 0 Å². The Morgan fingerprint density at radius 3 is 1.80 bits per heavy atom. The van der Waals surface area contributed by atoms with Crippen LogP contribution in [0.25, 0.3) is 0 Å². The second-order valence-corrected chi connectivity index (χ2v) is 1.44. The maximum absolute atomic E-state index is 6.23. The molecule has 0 fully saturated rings. The van der Waals surface area contributed by atoms with E-state index in [4.69, 9.17) is 28.9 Å². The molecule has 0 aliphatic heterocycles. The Labute approximate surface area is 40.4 Å². The molecule has 0 bridgehead atoms. The zero-order valence-electron chi connectivity index (χ0n) is 2.33. The number of hydrogen-bond acceptors (Lipinski definition) is 0. The summed E-state index contributed by atoms with van der Waals surface area (Å²) < 4.78 is -0.00926. The fourth-order valence-electron chi connectivity index (χ4n) is 0. The van der Waals surface area contributed by atoms with E-state index in [1.807, 2.05) is 0 Å². The normalized spacial score (nSPS) is 6.80. The minimum atomic E-state index is -0.00926. The van der Waals surface area contributed by atoms with E-state index >= 15 is 0 Å². The van der Waals surface area contributed by atoms with E-state index in [0.29, 0.717) is 0 Å². The van der Waals surface area contributed by atoms with Gasteiger partial charge in [-0.25, -0.2) is 0 Å². The summed E-state index contributed by atoms with van der Waals surface area (Å²) in [6.07, 6.45) is 0.864. The van der Waals surface area contributed by atoms with Crippen molar-refractivity contribution in [1.82, 2.24) is 5.73 Å². The second kappa shape index (κ2) is 2.36. The predicted molar refractivity (Wildman–Crippen MR) is 22.9 cm³/mol. The van der Waals surface area contributed by atoms with Gasteiger partial charge in [-0.15, -0.1) is 0 Å². The second-order valence-electron chi connectivity index (χ2n) is 0.434. The van der Waals surface area contributed by atoms with Crippen LogP contribution in [-0.4, -0.2) is 0 Å². The standard InChI is InChI=1S/C2H2Cl2N/c3-2(4)1-5/h1,5H. The number of nitrogens with one attached hydrogen (secondary N) is 1. The van der Waals surface area contributed by atoms with Gasteiger partial charge in [0.25, 0.3) is 0 Å². The first-order valence-corrected chi connectivity index (χ1v) is 1.71. The lowest BCUT2D eigenvalue weighted by Gasteiger charge is -1.65. The van der Waals surface area contributed by atoms with Crippen LogP contribution in [0.2, 0.25) is 0 Å². The van der Waals surface area contributed by atoms with Crippen LogP contribution in [0.3, 0.4) is 0 Å². The maximum atomic E-state index is 6.23. The van der Waals surface area contributed by atoms with Gasteiger partial charge in [-0.05, 0) is 0 Å². The van der Waals surface area contributed by atoms with Crippen LogP contribution in [0.15, 0.2) is 10.7 Å². The Bertz CT molecular complexity index is 45.6. The van der Waals surface area contributed by atoms with E-state index in [1.54, 1.807) is 0 Å². The highest BCUT2D eigenvalue weighted by molar-refractivity contribution is 6.55. The summed E-state index contributed by atoms with van der Waals surface area (Å²) in [7, 11) is 0. The van der Waals surface area contributed by atoms with Gasteiger partial charge in [0.05, 0.1) is 0 Å². The Morgan fingerprint density at radius 2 is 1.80 bits per heavy atom. The van der Waals surface area contributed by atoms with Crippen molar-refractivity contribution in [2.24, 2.45) is 0 Å².